The highest BCUT2D eigenvalue weighted by Crippen LogP contribution is 2.29. The van der Waals surface area contributed by atoms with Crippen LogP contribution in [0.4, 0.5) is 0 Å². The van der Waals surface area contributed by atoms with E-state index in [9.17, 15) is 8.42 Å². The van der Waals surface area contributed by atoms with Gasteiger partial charge in [0.15, 0.2) is 5.69 Å². The molecule has 19 heavy (non-hydrogen) atoms. The van der Waals surface area contributed by atoms with Crippen LogP contribution in [-0.4, -0.2) is 30.8 Å². The molecule has 0 bridgehead atoms. The Morgan fingerprint density at radius 1 is 1.53 bits per heavy atom. The molecule has 0 radical (unpaired) electrons. The highest BCUT2D eigenvalue weighted by Gasteiger charge is 2.35. The molecule has 0 N–H and O–H groups in total. The lowest BCUT2D eigenvalue weighted by Crippen LogP contribution is -2.30. The van der Waals surface area contributed by atoms with E-state index in [4.69, 9.17) is 5.26 Å². The van der Waals surface area contributed by atoms with Crippen molar-refractivity contribution in [3.63, 3.8) is 0 Å². The summed E-state index contributed by atoms with van der Waals surface area (Å²) in [4.78, 5) is 3.84. The van der Waals surface area contributed by atoms with Gasteiger partial charge in [-0.05, 0) is 30.4 Å². The molecule has 2 rings (SSSR count). The topological polar surface area (TPSA) is 74.1 Å². The molecule has 1 aliphatic rings. The molecule has 102 valence electrons. The van der Waals surface area contributed by atoms with Gasteiger partial charge < -0.3 is 0 Å². The van der Waals surface area contributed by atoms with Crippen molar-refractivity contribution in [2.24, 2.45) is 11.8 Å². The summed E-state index contributed by atoms with van der Waals surface area (Å²) in [5.74, 6) is 0.849. The van der Waals surface area contributed by atoms with Crippen molar-refractivity contribution < 1.29 is 8.42 Å². The highest BCUT2D eigenvalue weighted by molar-refractivity contribution is 7.89. The van der Waals surface area contributed by atoms with E-state index in [2.05, 4.69) is 18.8 Å². The second kappa shape index (κ2) is 5.27. The summed E-state index contributed by atoms with van der Waals surface area (Å²) in [6.45, 7) is 5.25. The fraction of sp³-hybridized carbons (Fsp3) is 0.538. The molecule has 1 atom stereocenters. The average Bonchev–Trinajstić information content (AvgIpc) is 2.89. The molecule has 0 aromatic carbocycles. The summed E-state index contributed by atoms with van der Waals surface area (Å²) in [5, 5.41) is 8.97. The second-order valence-corrected chi connectivity index (χ2v) is 7.02. The van der Waals surface area contributed by atoms with E-state index in [0.29, 0.717) is 24.9 Å². The van der Waals surface area contributed by atoms with Crippen LogP contribution in [0.25, 0.3) is 0 Å². The predicted octanol–water partition coefficient (Wildman–Crippen LogP) is 1.62. The van der Waals surface area contributed by atoms with Gasteiger partial charge in [0, 0.05) is 19.3 Å². The van der Waals surface area contributed by atoms with Gasteiger partial charge in [0.05, 0.1) is 0 Å². The molecule has 6 heteroatoms. The summed E-state index contributed by atoms with van der Waals surface area (Å²) in [6.07, 6.45) is 2.30. The van der Waals surface area contributed by atoms with Crippen LogP contribution in [0.2, 0.25) is 0 Å². The van der Waals surface area contributed by atoms with Crippen molar-refractivity contribution in [3.8, 4) is 6.07 Å². The first-order chi connectivity index (χ1) is 8.96. The van der Waals surface area contributed by atoms with Crippen molar-refractivity contribution in [2.75, 3.05) is 13.1 Å². The third kappa shape index (κ3) is 2.62. The number of hydrogen-bond acceptors (Lipinski definition) is 4. The molecule has 1 saturated heterocycles. The van der Waals surface area contributed by atoms with Crippen LogP contribution in [-0.2, 0) is 10.0 Å². The van der Waals surface area contributed by atoms with Crippen LogP contribution in [0.3, 0.4) is 0 Å². The zero-order chi connectivity index (χ0) is 14.0. The Morgan fingerprint density at radius 3 is 2.84 bits per heavy atom. The third-order valence-corrected chi connectivity index (χ3v) is 5.52. The smallest absolute Gasteiger partial charge is 0.244 e. The summed E-state index contributed by atoms with van der Waals surface area (Å²) >= 11 is 0. The van der Waals surface area contributed by atoms with Crippen LogP contribution < -0.4 is 0 Å². The first-order valence-corrected chi connectivity index (χ1v) is 7.76. The van der Waals surface area contributed by atoms with Gasteiger partial charge in [-0.25, -0.2) is 13.4 Å². The van der Waals surface area contributed by atoms with Crippen molar-refractivity contribution in [3.05, 3.63) is 24.0 Å². The van der Waals surface area contributed by atoms with Crippen LogP contribution in [0.5, 0.6) is 0 Å². The van der Waals surface area contributed by atoms with Gasteiger partial charge in [-0.15, -0.1) is 0 Å². The Bertz CT molecular complexity index is 605. The van der Waals surface area contributed by atoms with E-state index >= 15 is 0 Å². The number of pyridine rings is 1. The number of rotatable bonds is 3. The van der Waals surface area contributed by atoms with Crippen molar-refractivity contribution >= 4 is 10.0 Å². The fourth-order valence-corrected chi connectivity index (χ4v) is 3.94. The van der Waals surface area contributed by atoms with Crippen LogP contribution >= 0.6 is 0 Å². The number of nitriles is 1. The van der Waals surface area contributed by atoms with Crippen LogP contribution in [0, 0.1) is 23.2 Å². The monoisotopic (exact) mass is 279 g/mol. The first-order valence-electron chi connectivity index (χ1n) is 6.32. The standard InChI is InChI=1S/C13H17N3O2S/c1-10(2)11-5-7-16(9-11)19(17,18)13-4-3-6-15-12(13)8-14/h3-4,6,10-11H,5,7,9H2,1-2H3. The van der Waals surface area contributed by atoms with Gasteiger partial charge in [-0.2, -0.15) is 9.57 Å². The lowest BCUT2D eigenvalue weighted by Gasteiger charge is -2.18. The zero-order valence-electron chi connectivity index (χ0n) is 11.1. The van der Waals surface area contributed by atoms with Gasteiger partial charge in [-0.3, -0.25) is 0 Å². The van der Waals surface area contributed by atoms with Gasteiger partial charge >= 0.3 is 0 Å². The molecule has 2 heterocycles. The fourth-order valence-electron chi connectivity index (χ4n) is 2.34. The molecular weight excluding hydrogens is 262 g/mol. The zero-order valence-corrected chi connectivity index (χ0v) is 11.9. The van der Waals surface area contributed by atoms with Crippen molar-refractivity contribution in [2.45, 2.75) is 25.2 Å². The molecule has 1 aromatic rings. The van der Waals surface area contributed by atoms with E-state index < -0.39 is 10.0 Å². The number of sulfonamides is 1. The number of nitrogens with zero attached hydrogens (tertiary/aromatic N) is 3. The summed E-state index contributed by atoms with van der Waals surface area (Å²) in [5.41, 5.74) is -0.0319. The van der Waals surface area contributed by atoms with E-state index in [1.807, 2.05) is 6.07 Å². The number of hydrogen-bond donors (Lipinski definition) is 0. The molecule has 1 aliphatic heterocycles. The lowest BCUT2D eigenvalue weighted by atomic mass is 9.96. The first kappa shape index (κ1) is 14.0. The minimum Gasteiger partial charge on any atom is -0.244 e. The summed E-state index contributed by atoms with van der Waals surface area (Å²) in [6, 6.07) is 4.84. The van der Waals surface area contributed by atoms with Crippen LogP contribution in [0.1, 0.15) is 26.0 Å². The molecule has 1 fully saturated rings. The summed E-state index contributed by atoms with van der Waals surface area (Å²) < 4.78 is 26.5. The normalized spacial score (nSPS) is 20.6. The highest BCUT2D eigenvalue weighted by atomic mass is 32.2. The van der Waals surface area contributed by atoms with Crippen LogP contribution in [0.15, 0.2) is 23.2 Å². The predicted molar refractivity (Wildman–Crippen MR) is 70.7 cm³/mol. The molecule has 0 amide bonds. The molecule has 1 aromatic heterocycles. The molecule has 0 spiro atoms. The number of aromatic nitrogens is 1. The van der Waals surface area contributed by atoms with E-state index in [1.165, 1.54) is 16.6 Å². The second-order valence-electron chi connectivity index (χ2n) is 5.12. The SMILES string of the molecule is CC(C)C1CCN(S(=O)(=O)c2cccnc2C#N)C1. The quantitative estimate of drug-likeness (QED) is 0.842. The lowest BCUT2D eigenvalue weighted by molar-refractivity contribution is 0.388. The van der Waals surface area contributed by atoms with Crippen molar-refractivity contribution in [1.29, 1.82) is 5.26 Å². The minimum atomic E-state index is -3.60. The maximum atomic E-state index is 12.5. The summed E-state index contributed by atoms with van der Waals surface area (Å²) in [7, 11) is -3.60. The van der Waals surface area contributed by atoms with E-state index in [-0.39, 0.29) is 10.6 Å². The maximum absolute atomic E-state index is 12.5. The van der Waals surface area contributed by atoms with Gasteiger partial charge in [0.1, 0.15) is 11.0 Å². The Balaban J connectivity index is 2.32. The Hall–Kier alpha value is -1.45. The van der Waals surface area contributed by atoms with Gasteiger partial charge in [0.2, 0.25) is 10.0 Å². The minimum absolute atomic E-state index is 0.0157. The maximum Gasteiger partial charge on any atom is 0.245 e. The molecule has 1 unspecified atom stereocenters. The molecular formula is C13H17N3O2S. The molecule has 0 aliphatic carbocycles. The van der Waals surface area contributed by atoms with Gasteiger partial charge in [0.25, 0.3) is 0 Å². The molecule has 0 saturated carbocycles. The Kier molecular flexibility index (Phi) is 3.88. The Morgan fingerprint density at radius 2 is 2.26 bits per heavy atom. The largest absolute Gasteiger partial charge is 0.245 e. The molecule has 5 nitrogen and oxygen atoms in total. The van der Waals surface area contributed by atoms with E-state index in [1.54, 1.807) is 6.07 Å². The van der Waals surface area contributed by atoms with Gasteiger partial charge in [-0.1, -0.05) is 13.8 Å². The van der Waals surface area contributed by atoms with E-state index in [0.717, 1.165) is 6.42 Å². The average molecular weight is 279 g/mol. The van der Waals surface area contributed by atoms with Crippen molar-refractivity contribution in [1.82, 2.24) is 9.29 Å². The third-order valence-electron chi connectivity index (χ3n) is 3.62. The Labute approximate surface area is 113 Å².